The number of esters is 4. The maximum Gasteiger partial charge on any atom is 0.330 e. The fourth-order valence-corrected chi connectivity index (χ4v) is 5.11. The van der Waals surface area contributed by atoms with E-state index in [2.05, 4.69) is 6.58 Å². The Balaban J connectivity index is 1.26. The third kappa shape index (κ3) is 15.2. The zero-order valence-electron chi connectivity index (χ0n) is 27.5. The monoisotopic (exact) mass is 652 g/mol. The van der Waals surface area contributed by atoms with E-state index in [1.807, 2.05) is 0 Å². The second kappa shape index (κ2) is 21.5. The van der Waals surface area contributed by atoms with Crippen LogP contribution in [0.15, 0.2) is 61.2 Å². The van der Waals surface area contributed by atoms with E-state index in [4.69, 9.17) is 28.4 Å². The maximum atomic E-state index is 12.8. The smallest absolute Gasteiger partial charge is 0.330 e. The Kier molecular flexibility index (Phi) is 16.9. The van der Waals surface area contributed by atoms with Crippen molar-refractivity contribution in [3.63, 3.8) is 0 Å². The van der Waals surface area contributed by atoms with Crippen LogP contribution in [0.2, 0.25) is 0 Å². The van der Waals surface area contributed by atoms with Crippen LogP contribution in [0.5, 0.6) is 23.0 Å². The number of benzene rings is 2. The average molecular weight is 653 g/mol. The van der Waals surface area contributed by atoms with Gasteiger partial charge in [-0.2, -0.15) is 0 Å². The quantitative estimate of drug-likeness (QED) is 0.0593. The standard InChI is InChI=1S/C37H48O10/c1-3-35(39)45-27-11-7-6-10-26-44-32-18-22-34(23-19-32)47-37(41)30-14-12-29(13-15-30)36(40)46-33-20-16-31(17-21-33)43-25-9-5-4-8-24-42-28(2)38/h3,16-23,29-30H,1,4-15,24-27H2,2H3. The zero-order valence-corrected chi connectivity index (χ0v) is 27.5. The molecule has 47 heavy (non-hydrogen) atoms. The largest absolute Gasteiger partial charge is 0.494 e. The van der Waals surface area contributed by atoms with Gasteiger partial charge >= 0.3 is 23.9 Å². The second-order valence-electron chi connectivity index (χ2n) is 11.6. The van der Waals surface area contributed by atoms with Crippen LogP contribution in [-0.2, 0) is 28.7 Å². The Bertz CT molecular complexity index is 1250. The summed E-state index contributed by atoms with van der Waals surface area (Å²) < 4.78 is 32.6. The Morgan fingerprint density at radius 2 is 0.936 bits per heavy atom. The Labute approximate surface area is 277 Å². The number of ether oxygens (including phenoxy) is 6. The molecule has 1 fully saturated rings. The van der Waals surface area contributed by atoms with Gasteiger partial charge in [0, 0.05) is 13.0 Å². The summed E-state index contributed by atoms with van der Waals surface area (Å²) in [6, 6.07) is 14.0. The molecule has 1 aliphatic rings. The summed E-state index contributed by atoms with van der Waals surface area (Å²) in [6.07, 6.45) is 10.7. The lowest BCUT2D eigenvalue weighted by Gasteiger charge is -2.25. The van der Waals surface area contributed by atoms with Crippen molar-refractivity contribution in [3.8, 4) is 23.0 Å². The average Bonchev–Trinajstić information content (AvgIpc) is 3.08. The highest BCUT2D eigenvalue weighted by Crippen LogP contribution is 2.32. The van der Waals surface area contributed by atoms with Crippen molar-refractivity contribution in [1.82, 2.24) is 0 Å². The van der Waals surface area contributed by atoms with Gasteiger partial charge < -0.3 is 28.4 Å². The molecular formula is C37H48O10. The first kappa shape index (κ1) is 37.1. The zero-order chi connectivity index (χ0) is 33.7. The van der Waals surface area contributed by atoms with Gasteiger partial charge in [0.15, 0.2) is 0 Å². The summed E-state index contributed by atoms with van der Waals surface area (Å²) >= 11 is 0. The van der Waals surface area contributed by atoms with Gasteiger partial charge in [-0.25, -0.2) is 4.79 Å². The molecule has 0 atom stereocenters. The fraction of sp³-hybridized carbons (Fsp3) is 0.514. The van der Waals surface area contributed by atoms with Gasteiger partial charge in [0.05, 0.1) is 38.3 Å². The number of carbonyl (C=O) groups is 4. The maximum absolute atomic E-state index is 12.8. The van der Waals surface area contributed by atoms with Crippen LogP contribution >= 0.6 is 0 Å². The van der Waals surface area contributed by atoms with Gasteiger partial charge in [-0.05, 0) is 126 Å². The molecule has 0 aromatic heterocycles. The van der Waals surface area contributed by atoms with Crippen LogP contribution in [0.4, 0.5) is 0 Å². The molecule has 0 amide bonds. The summed E-state index contributed by atoms with van der Waals surface area (Å²) in [6.45, 7) is 6.79. The molecule has 10 nitrogen and oxygen atoms in total. The van der Waals surface area contributed by atoms with Gasteiger partial charge in [-0.15, -0.1) is 0 Å². The number of rotatable bonds is 21. The van der Waals surface area contributed by atoms with E-state index in [1.165, 1.54) is 6.92 Å². The van der Waals surface area contributed by atoms with Gasteiger partial charge in [0.25, 0.3) is 0 Å². The summed E-state index contributed by atoms with van der Waals surface area (Å²) in [7, 11) is 0. The number of carbonyl (C=O) groups excluding carboxylic acids is 4. The van der Waals surface area contributed by atoms with Crippen LogP contribution in [0.25, 0.3) is 0 Å². The summed E-state index contributed by atoms with van der Waals surface area (Å²) in [5.41, 5.74) is 0. The molecule has 3 rings (SSSR count). The molecule has 10 heteroatoms. The molecule has 1 aliphatic carbocycles. The summed E-state index contributed by atoms with van der Waals surface area (Å²) in [5.74, 6) is 0.585. The van der Waals surface area contributed by atoms with Crippen molar-refractivity contribution in [1.29, 1.82) is 0 Å². The topological polar surface area (TPSA) is 124 Å². The number of hydrogen-bond acceptors (Lipinski definition) is 10. The molecule has 256 valence electrons. The molecule has 0 heterocycles. The van der Waals surface area contributed by atoms with Crippen LogP contribution in [-0.4, -0.2) is 50.3 Å². The lowest BCUT2D eigenvalue weighted by molar-refractivity contribution is -0.145. The minimum Gasteiger partial charge on any atom is -0.494 e. The highest BCUT2D eigenvalue weighted by molar-refractivity contribution is 5.81. The van der Waals surface area contributed by atoms with Crippen LogP contribution < -0.4 is 18.9 Å². The summed E-state index contributed by atoms with van der Waals surface area (Å²) in [4.78, 5) is 47.3. The van der Waals surface area contributed by atoms with E-state index >= 15 is 0 Å². The van der Waals surface area contributed by atoms with Gasteiger partial charge in [-0.1, -0.05) is 6.58 Å². The van der Waals surface area contributed by atoms with Gasteiger partial charge in [0.2, 0.25) is 0 Å². The summed E-state index contributed by atoms with van der Waals surface area (Å²) in [5, 5.41) is 0. The fourth-order valence-electron chi connectivity index (χ4n) is 5.11. The van der Waals surface area contributed by atoms with E-state index in [0.29, 0.717) is 75.1 Å². The molecule has 1 saturated carbocycles. The van der Waals surface area contributed by atoms with E-state index in [9.17, 15) is 19.2 Å². The van der Waals surface area contributed by atoms with Crippen molar-refractivity contribution < 1.29 is 47.6 Å². The normalized spacial score (nSPS) is 15.6. The van der Waals surface area contributed by atoms with Crippen LogP contribution in [0, 0.1) is 11.8 Å². The first-order valence-corrected chi connectivity index (χ1v) is 16.7. The van der Waals surface area contributed by atoms with Crippen molar-refractivity contribution >= 4 is 23.9 Å². The Hall–Kier alpha value is -4.34. The van der Waals surface area contributed by atoms with Gasteiger partial charge in [-0.3, -0.25) is 14.4 Å². The predicted molar refractivity (Wildman–Crippen MR) is 175 cm³/mol. The van der Waals surface area contributed by atoms with Crippen molar-refractivity contribution in [2.75, 3.05) is 26.4 Å². The van der Waals surface area contributed by atoms with Crippen LogP contribution in [0.3, 0.4) is 0 Å². The van der Waals surface area contributed by atoms with E-state index in [1.54, 1.807) is 48.5 Å². The molecule has 0 aliphatic heterocycles. The molecule has 2 aromatic rings. The highest BCUT2D eigenvalue weighted by atomic mass is 16.5. The van der Waals surface area contributed by atoms with Crippen molar-refractivity contribution in [2.45, 2.75) is 84.0 Å². The first-order valence-electron chi connectivity index (χ1n) is 16.7. The minimum absolute atomic E-state index is 0.248. The molecule has 0 radical (unpaired) electrons. The number of unbranched alkanes of at least 4 members (excludes halogenated alkanes) is 6. The van der Waals surface area contributed by atoms with Crippen molar-refractivity contribution in [3.05, 3.63) is 61.2 Å². The predicted octanol–water partition coefficient (Wildman–Crippen LogP) is 7.17. The third-order valence-corrected chi connectivity index (χ3v) is 7.81. The molecule has 0 saturated heterocycles. The second-order valence-corrected chi connectivity index (χ2v) is 11.6. The lowest BCUT2D eigenvalue weighted by atomic mass is 9.82. The van der Waals surface area contributed by atoms with Gasteiger partial charge in [0.1, 0.15) is 23.0 Å². The first-order chi connectivity index (χ1) is 22.8. The van der Waals surface area contributed by atoms with E-state index < -0.39 is 5.97 Å². The molecule has 0 bridgehead atoms. The Morgan fingerprint density at radius 1 is 0.574 bits per heavy atom. The molecule has 0 spiro atoms. The molecule has 0 unspecified atom stereocenters. The molecule has 0 N–H and O–H groups in total. The third-order valence-electron chi connectivity index (χ3n) is 7.81. The van der Waals surface area contributed by atoms with Crippen LogP contribution in [0.1, 0.15) is 84.0 Å². The Morgan fingerprint density at radius 3 is 1.32 bits per heavy atom. The van der Waals surface area contributed by atoms with Crippen molar-refractivity contribution in [2.24, 2.45) is 11.8 Å². The molecule has 2 aromatic carbocycles. The highest BCUT2D eigenvalue weighted by Gasteiger charge is 2.32. The lowest BCUT2D eigenvalue weighted by Crippen LogP contribution is -2.30. The minimum atomic E-state index is -0.395. The van der Waals surface area contributed by atoms with E-state index in [-0.39, 0.29) is 29.7 Å². The van der Waals surface area contributed by atoms with E-state index in [0.717, 1.165) is 57.4 Å². The molecular weight excluding hydrogens is 604 g/mol. The number of hydrogen-bond donors (Lipinski definition) is 0. The SMILES string of the molecule is C=CC(=O)OCCCCCCOc1ccc(OC(=O)C2CCC(C(=O)Oc3ccc(OCCCCCCOC(C)=O)cc3)CC2)cc1.